The normalized spacial score (nSPS) is 10.8. The molecule has 5 heterocycles. The van der Waals surface area contributed by atoms with Crippen LogP contribution in [-0.4, -0.2) is 24.9 Å². The fourth-order valence-electron chi connectivity index (χ4n) is 4.15. The minimum Gasteiger partial charge on any atom is -0.256 e. The zero-order valence-electron chi connectivity index (χ0n) is 19.4. The first-order chi connectivity index (χ1) is 17.8. The van der Waals surface area contributed by atoms with Gasteiger partial charge in [-0.25, -0.2) is 4.98 Å². The number of hydrogen-bond donors (Lipinski definition) is 0. The largest absolute Gasteiger partial charge is 0.256 e. The molecule has 0 saturated carbocycles. The van der Waals surface area contributed by atoms with Gasteiger partial charge in [0, 0.05) is 35.9 Å². The summed E-state index contributed by atoms with van der Waals surface area (Å²) >= 11 is 0. The summed E-state index contributed by atoms with van der Waals surface area (Å²) in [4.78, 5) is 23.2. The van der Waals surface area contributed by atoms with Gasteiger partial charge in [-0.15, -0.1) is 0 Å². The zero-order valence-corrected chi connectivity index (χ0v) is 19.4. The Morgan fingerprint density at radius 1 is 0.306 bits per heavy atom. The maximum atomic E-state index is 4.91. The number of benzene rings is 1. The van der Waals surface area contributed by atoms with E-state index in [2.05, 4.69) is 50.3 Å². The van der Waals surface area contributed by atoms with Crippen molar-refractivity contribution in [1.29, 1.82) is 0 Å². The molecule has 0 spiro atoms. The van der Waals surface area contributed by atoms with Crippen LogP contribution < -0.4 is 0 Å². The molecule has 0 amide bonds. The highest BCUT2D eigenvalue weighted by atomic mass is 14.8. The molecule has 0 aliphatic rings. The maximum Gasteiger partial charge on any atom is 0.0900 e. The molecule has 5 aromatic heterocycles. The summed E-state index contributed by atoms with van der Waals surface area (Å²) in [6.45, 7) is 0. The van der Waals surface area contributed by atoms with E-state index in [9.17, 15) is 0 Å². The molecule has 0 unspecified atom stereocenters. The Labute approximate surface area is 209 Å². The van der Waals surface area contributed by atoms with Crippen LogP contribution in [0.15, 0.2) is 128 Å². The second kappa shape index (κ2) is 9.68. The third kappa shape index (κ3) is 4.50. The number of aromatic nitrogens is 5. The maximum absolute atomic E-state index is 4.91. The molecule has 0 aliphatic carbocycles. The van der Waals surface area contributed by atoms with Crippen molar-refractivity contribution in [2.24, 2.45) is 0 Å². The minimum absolute atomic E-state index is 0.788. The van der Waals surface area contributed by atoms with Gasteiger partial charge in [0.2, 0.25) is 0 Å². The van der Waals surface area contributed by atoms with Crippen LogP contribution in [0.2, 0.25) is 0 Å². The van der Waals surface area contributed by atoms with Crippen molar-refractivity contribution in [2.45, 2.75) is 0 Å². The van der Waals surface area contributed by atoms with Crippen LogP contribution in [0.3, 0.4) is 0 Å². The van der Waals surface area contributed by atoms with Gasteiger partial charge < -0.3 is 0 Å². The molecular formula is C31H21N5. The van der Waals surface area contributed by atoms with Crippen LogP contribution >= 0.6 is 0 Å². The van der Waals surface area contributed by atoms with Crippen molar-refractivity contribution in [3.8, 4) is 56.4 Å². The van der Waals surface area contributed by atoms with E-state index in [-0.39, 0.29) is 0 Å². The van der Waals surface area contributed by atoms with E-state index in [0.29, 0.717) is 0 Å². The molecule has 0 N–H and O–H groups in total. The van der Waals surface area contributed by atoms with Gasteiger partial charge in [0.1, 0.15) is 0 Å². The zero-order chi connectivity index (χ0) is 24.2. The van der Waals surface area contributed by atoms with Crippen molar-refractivity contribution in [2.75, 3.05) is 0 Å². The van der Waals surface area contributed by atoms with Crippen molar-refractivity contribution in [3.63, 3.8) is 0 Å². The molecule has 6 aromatic rings. The van der Waals surface area contributed by atoms with Crippen molar-refractivity contribution in [3.05, 3.63) is 128 Å². The Balaban J connectivity index is 1.58. The van der Waals surface area contributed by atoms with Crippen LogP contribution in [0.5, 0.6) is 0 Å². The lowest BCUT2D eigenvalue weighted by Gasteiger charge is -2.13. The predicted octanol–water partition coefficient (Wildman–Crippen LogP) is 7.00. The number of hydrogen-bond acceptors (Lipinski definition) is 5. The van der Waals surface area contributed by atoms with Gasteiger partial charge in [-0.05, 0) is 90.0 Å². The Hall–Kier alpha value is -5.03. The summed E-state index contributed by atoms with van der Waals surface area (Å²) in [5, 5.41) is 0. The molecule has 0 atom stereocenters. The smallest absolute Gasteiger partial charge is 0.0900 e. The Morgan fingerprint density at radius 3 is 1.06 bits per heavy atom. The van der Waals surface area contributed by atoms with E-state index in [0.717, 1.165) is 56.4 Å². The molecule has 5 heteroatoms. The predicted molar refractivity (Wildman–Crippen MR) is 143 cm³/mol. The van der Waals surface area contributed by atoms with Crippen molar-refractivity contribution in [1.82, 2.24) is 24.9 Å². The topological polar surface area (TPSA) is 64.5 Å². The lowest BCUT2D eigenvalue weighted by Crippen LogP contribution is -1.95. The minimum atomic E-state index is 0.788. The van der Waals surface area contributed by atoms with Crippen LogP contribution in [0.25, 0.3) is 56.4 Å². The van der Waals surface area contributed by atoms with Gasteiger partial charge in [-0.1, -0.05) is 24.3 Å². The SMILES string of the molecule is c1ccc(-c2cc(-c3cc(-c4ccccn4)nc(-c4ccccn4)c3)cc(-c3ccccn3)c2)nc1. The van der Waals surface area contributed by atoms with Crippen molar-refractivity contribution < 1.29 is 0 Å². The quantitative estimate of drug-likeness (QED) is 0.275. The first kappa shape index (κ1) is 21.5. The highest BCUT2D eigenvalue weighted by Crippen LogP contribution is 2.34. The van der Waals surface area contributed by atoms with E-state index in [1.807, 2.05) is 85.2 Å². The number of pyridine rings is 5. The molecule has 5 nitrogen and oxygen atoms in total. The molecule has 0 fully saturated rings. The first-order valence-corrected chi connectivity index (χ1v) is 11.7. The summed E-state index contributed by atoms with van der Waals surface area (Å²) in [5.41, 5.74) is 9.09. The standard InChI is InChI=1S/C31H21N5/c1-5-13-32-26(9-1)24-17-22(18-25(19-24)27-10-2-6-14-33-27)23-20-30(28-11-3-7-15-34-28)36-31(21-23)29-12-4-8-16-35-29/h1-21H. The lowest BCUT2D eigenvalue weighted by atomic mass is 9.95. The van der Waals surface area contributed by atoms with Gasteiger partial charge in [0.05, 0.1) is 34.2 Å². The van der Waals surface area contributed by atoms with Gasteiger partial charge >= 0.3 is 0 Å². The summed E-state index contributed by atoms with van der Waals surface area (Å²) in [6.07, 6.45) is 7.19. The average Bonchev–Trinajstić information content (AvgIpc) is 2.98. The Bertz CT molecular complexity index is 1360. The van der Waals surface area contributed by atoms with Crippen LogP contribution in [-0.2, 0) is 0 Å². The van der Waals surface area contributed by atoms with Crippen LogP contribution in [0.1, 0.15) is 0 Å². The second-order valence-corrected chi connectivity index (χ2v) is 8.29. The van der Waals surface area contributed by atoms with Gasteiger partial charge in [0.25, 0.3) is 0 Å². The van der Waals surface area contributed by atoms with Crippen LogP contribution in [0.4, 0.5) is 0 Å². The third-order valence-corrected chi connectivity index (χ3v) is 5.87. The van der Waals surface area contributed by atoms with Gasteiger partial charge in [0.15, 0.2) is 0 Å². The molecule has 0 radical (unpaired) electrons. The monoisotopic (exact) mass is 463 g/mol. The molecule has 1 aromatic carbocycles. The summed E-state index contributed by atoms with van der Waals surface area (Å²) < 4.78 is 0. The number of rotatable bonds is 5. The highest BCUT2D eigenvalue weighted by Gasteiger charge is 2.13. The van der Waals surface area contributed by atoms with E-state index >= 15 is 0 Å². The second-order valence-electron chi connectivity index (χ2n) is 8.29. The summed E-state index contributed by atoms with van der Waals surface area (Å²) in [7, 11) is 0. The van der Waals surface area contributed by atoms with E-state index in [1.54, 1.807) is 12.4 Å². The first-order valence-electron chi connectivity index (χ1n) is 11.7. The van der Waals surface area contributed by atoms with Gasteiger partial charge in [-0.2, -0.15) is 0 Å². The average molecular weight is 464 g/mol. The molecular weight excluding hydrogens is 442 g/mol. The summed E-state index contributed by atoms with van der Waals surface area (Å²) in [6, 6.07) is 34.2. The molecule has 0 aliphatic heterocycles. The van der Waals surface area contributed by atoms with Crippen molar-refractivity contribution >= 4 is 0 Å². The molecule has 170 valence electrons. The fraction of sp³-hybridized carbons (Fsp3) is 0. The lowest BCUT2D eigenvalue weighted by molar-refractivity contribution is 1.22. The van der Waals surface area contributed by atoms with Crippen LogP contribution in [0, 0.1) is 0 Å². The van der Waals surface area contributed by atoms with E-state index in [4.69, 9.17) is 4.98 Å². The van der Waals surface area contributed by atoms with E-state index in [1.165, 1.54) is 0 Å². The van der Waals surface area contributed by atoms with E-state index < -0.39 is 0 Å². The highest BCUT2D eigenvalue weighted by molar-refractivity contribution is 5.82. The fourth-order valence-corrected chi connectivity index (χ4v) is 4.15. The van der Waals surface area contributed by atoms with Gasteiger partial charge in [-0.3, -0.25) is 19.9 Å². The third-order valence-electron chi connectivity index (χ3n) is 5.87. The molecule has 0 bridgehead atoms. The Morgan fingerprint density at radius 2 is 0.667 bits per heavy atom. The summed E-state index contributed by atoms with van der Waals surface area (Å²) in [5.74, 6) is 0. The molecule has 6 rings (SSSR count). The molecule has 36 heavy (non-hydrogen) atoms. The molecule has 0 saturated heterocycles. The Kier molecular flexibility index (Phi) is 5.78. The number of nitrogens with zero attached hydrogens (tertiary/aromatic N) is 5.